The lowest BCUT2D eigenvalue weighted by Gasteiger charge is -2.16. The van der Waals surface area contributed by atoms with E-state index in [2.05, 4.69) is 0 Å². The molecule has 1 aromatic carbocycles. The fourth-order valence-electron chi connectivity index (χ4n) is 1.89. The van der Waals surface area contributed by atoms with Crippen molar-refractivity contribution in [3.05, 3.63) is 30.0 Å². The van der Waals surface area contributed by atoms with E-state index in [1.807, 2.05) is 23.9 Å². The molecular formula is C12H15NO2. The van der Waals surface area contributed by atoms with Crippen LogP contribution in [0.3, 0.4) is 0 Å². The van der Waals surface area contributed by atoms with Crippen LogP contribution in [0.1, 0.15) is 19.4 Å². The topological polar surface area (TPSA) is 45.4 Å². The molecule has 15 heavy (non-hydrogen) atoms. The van der Waals surface area contributed by atoms with E-state index < -0.39 is 5.60 Å². The second-order valence-corrected chi connectivity index (χ2v) is 4.38. The van der Waals surface area contributed by atoms with Gasteiger partial charge in [0, 0.05) is 24.2 Å². The Bertz CT molecular complexity index is 506. The Hall–Kier alpha value is -1.48. The number of aliphatic hydroxyl groups is 1. The highest BCUT2D eigenvalue weighted by Crippen LogP contribution is 2.35. The van der Waals surface area contributed by atoms with E-state index in [1.54, 1.807) is 26.0 Å². The number of benzene rings is 1. The van der Waals surface area contributed by atoms with Crippen molar-refractivity contribution in [1.82, 2.24) is 4.57 Å². The average molecular weight is 205 g/mol. The van der Waals surface area contributed by atoms with Gasteiger partial charge in [-0.05, 0) is 26.0 Å². The molecule has 0 aliphatic heterocycles. The average Bonchev–Trinajstić information content (AvgIpc) is 2.45. The van der Waals surface area contributed by atoms with Crippen molar-refractivity contribution in [3.63, 3.8) is 0 Å². The Labute approximate surface area is 88.6 Å². The Morgan fingerprint density at radius 1 is 1.27 bits per heavy atom. The van der Waals surface area contributed by atoms with Crippen LogP contribution in [0.2, 0.25) is 0 Å². The van der Waals surface area contributed by atoms with Crippen LogP contribution in [0.5, 0.6) is 5.75 Å². The molecule has 2 rings (SSSR count). The van der Waals surface area contributed by atoms with Crippen molar-refractivity contribution in [3.8, 4) is 5.75 Å². The number of phenols is 1. The first kappa shape index (κ1) is 10.1. The smallest absolute Gasteiger partial charge is 0.125 e. The fraction of sp³-hybridized carbons (Fsp3) is 0.333. The lowest BCUT2D eigenvalue weighted by atomic mass is 9.97. The molecule has 0 aliphatic rings. The molecule has 0 saturated heterocycles. The zero-order valence-electron chi connectivity index (χ0n) is 9.15. The van der Waals surface area contributed by atoms with Crippen LogP contribution in [0.4, 0.5) is 0 Å². The van der Waals surface area contributed by atoms with E-state index in [-0.39, 0.29) is 5.75 Å². The monoisotopic (exact) mass is 205 g/mol. The number of hydrogen-bond acceptors (Lipinski definition) is 2. The first-order valence-electron chi connectivity index (χ1n) is 4.91. The minimum absolute atomic E-state index is 0.213. The van der Waals surface area contributed by atoms with Crippen LogP contribution in [0.25, 0.3) is 10.9 Å². The highest BCUT2D eigenvalue weighted by Gasteiger charge is 2.23. The van der Waals surface area contributed by atoms with Gasteiger partial charge in [0.05, 0.1) is 11.1 Å². The second kappa shape index (κ2) is 3.00. The van der Waals surface area contributed by atoms with Gasteiger partial charge < -0.3 is 14.8 Å². The molecule has 80 valence electrons. The summed E-state index contributed by atoms with van der Waals surface area (Å²) in [7, 11) is 1.90. The van der Waals surface area contributed by atoms with E-state index in [4.69, 9.17) is 0 Å². The summed E-state index contributed by atoms with van der Waals surface area (Å²) in [5.74, 6) is 0.213. The Kier molecular flexibility index (Phi) is 2.01. The fourth-order valence-corrected chi connectivity index (χ4v) is 1.89. The first-order valence-corrected chi connectivity index (χ1v) is 4.91. The van der Waals surface area contributed by atoms with Crippen LogP contribution in [0, 0.1) is 0 Å². The molecule has 0 aliphatic carbocycles. The maximum atomic E-state index is 10.0. The number of hydrogen-bond donors (Lipinski definition) is 2. The molecule has 0 unspecified atom stereocenters. The molecule has 3 nitrogen and oxygen atoms in total. The lowest BCUT2D eigenvalue weighted by Crippen LogP contribution is -2.14. The van der Waals surface area contributed by atoms with E-state index in [1.165, 1.54) is 0 Å². The summed E-state index contributed by atoms with van der Waals surface area (Å²) in [5, 5.41) is 20.5. The third-order valence-electron chi connectivity index (χ3n) is 2.65. The quantitative estimate of drug-likeness (QED) is 0.749. The van der Waals surface area contributed by atoms with Gasteiger partial charge >= 0.3 is 0 Å². The number of aromatic nitrogens is 1. The van der Waals surface area contributed by atoms with Crippen molar-refractivity contribution < 1.29 is 10.2 Å². The van der Waals surface area contributed by atoms with Crippen molar-refractivity contribution in [2.75, 3.05) is 0 Å². The minimum atomic E-state index is -0.946. The molecule has 0 amide bonds. The van der Waals surface area contributed by atoms with Gasteiger partial charge in [-0.3, -0.25) is 0 Å². The zero-order valence-corrected chi connectivity index (χ0v) is 9.15. The summed E-state index contributed by atoms with van der Waals surface area (Å²) < 4.78 is 1.91. The van der Waals surface area contributed by atoms with E-state index in [0.29, 0.717) is 0 Å². The maximum absolute atomic E-state index is 10.0. The highest BCUT2D eigenvalue weighted by atomic mass is 16.3. The summed E-state index contributed by atoms with van der Waals surface area (Å²) in [4.78, 5) is 0. The molecule has 1 heterocycles. The summed E-state index contributed by atoms with van der Waals surface area (Å²) in [6.45, 7) is 3.43. The van der Waals surface area contributed by atoms with Crippen molar-refractivity contribution in [2.45, 2.75) is 19.4 Å². The van der Waals surface area contributed by atoms with Gasteiger partial charge in [-0.1, -0.05) is 6.07 Å². The normalized spacial score (nSPS) is 12.3. The van der Waals surface area contributed by atoms with Crippen molar-refractivity contribution in [1.29, 1.82) is 0 Å². The Morgan fingerprint density at radius 2 is 1.93 bits per heavy atom. The Balaban J connectivity index is 2.88. The molecule has 0 bridgehead atoms. The van der Waals surface area contributed by atoms with Crippen LogP contribution in [-0.2, 0) is 12.6 Å². The van der Waals surface area contributed by atoms with Crippen LogP contribution < -0.4 is 0 Å². The van der Waals surface area contributed by atoms with Crippen molar-refractivity contribution >= 4 is 10.9 Å². The number of aryl methyl sites for hydroxylation is 1. The molecule has 1 aromatic heterocycles. The Morgan fingerprint density at radius 3 is 2.53 bits per heavy atom. The summed E-state index contributed by atoms with van der Waals surface area (Å²) in [6, 6.07) is 5.35. The molecule has 0 radical (unpaired) electrons. The third kappa shape index (κ3) is 1.49. The molecule has 2 aromatic rings. The van der Waals surface area contributed by atoms with Crippen LogP contribution in [0.15, 0.2) is 24.4 Å². The highest BCUT2D eigenvalue weighted by molar-refractivity contribution is 5.90. The molecule has 0 saturated carbocycles. The summed E-state index contributed by atoms with van der Waals surface area (Å²) in [5.41, 5.74) is 0.725. The predicted octanol–water partition coefficient (Wildman–Crippen LogP) is 2.11. The number of nitrogens with zero attached hydrogens (tertiary/aromatic N) is 1. The molecule has 3 heteroatoms. The van der Waals surface area contributed by atoms with Crippen molar-refractivity contribution in [2.24, 2.45) is 7.05 Å². The maximum Gasteiger partial charge on any atom is 0.125 e. The SMILES string of the molecule is Cn1cc(C(C)(C)O)c2c(O)cccc21. The molecule has 0 fully saturated rings. The van der Waals surface area contributed by atoms with Gasteiger partial charge in [0.1, 0.15) is 5.75 Å². The van der Waals surface area contributed by atoms with Gasteiger partial charge in [-0.15, -0.1) is 0 Å². The largest absolute Gasteiger partial charge is 0.507 e. The van der Waals surface area contributed by atoms with Gasteiger partial charge in [0.25, 0.3) is 0 Å². The molecule has 0 spiro atoms. The van der Waals surface area contributed by atoms with E-state index >= 15 is 0 Å². The number of rotatable bonds is 1. The summed E-state index contributed by atoms with van der Waals surface area (Å²) >= 11 is 0. The van der Waals surface area contributed by atoms with E-state index in [9.17, 15) is 10.2 Å². The standard InChI is InChI=1S/C12H15NO2/c1-12(2,15)8-7-13(3)9-5-4-6-10(14)11(8)9/h4-7,14-15H,1-3H3. The number of aromatic hydroxyl groups is 1. The van der Waals surface area contributed by atoms with Gasteiger partial charge in [0.15, 0.2) is 0 Å². The summed E-state index contributed by atoms with van der Waals surface area (Å²) in [6.07, 6.45) is 1.85. The van der Waals surface area contributed by atoms with Gasteiger partial charge in [-0.2, -0.15) is 0 Å². The molecule has 2 N–H and O–H groups in total. The van der Waals surface area contributed by atoms with Crippen LogP contribution >= 0.6 is 0 Å². The van der Waals surface area contributed by atoms with Gasteiger partial charge in [-0.25, -0.2) is 0 Å². The second-order valence-electron chi connectivity index (χ2n) is 4.38. The number of phenolic OH excluding ortho intramolecular Hbond substituents is 1. The predicted molar refractivity (Wildman–Crippen MR) is 59.8 cm³/mol. The number of fused-ring (bicyclic) bond motifs is 1. The molecule has 0 atom stereocenters. The minimum Gasteiger partial charge on any atom is -0.507 e. The van der Waals surface area contributed by atoms with Gasteiger partial charge in [0.2, 0.25) is 0 Å². The first-order chi connectivity index (χ1) is 6.91. The zero-order chi connectivity index (χ0) is 11.2. The third-order valence-corrected chi connectivity index (χ3v) is 2.65. The van der Waals surface area contributed by atoms with E-state index in [0.717, 1.165) is 16.5 Å². The lowest BCUT2D eigenvalue weighted by molar-refractivity contribution is 0.0799. The van der Waals surface area contributed by atoms with Crippen LogP contribution in [-0.4, -0.2) is 14.8 Å². The molecular weight excluding hydrogens is 190 g/mol.